The van der Waals surface area contributed by atoms with E-state index >= 15 is 0 Å². The number of hydrogen-bond donors (Lipinski definition) is 2. The standard InChI is InChI=1S/C16H29NO3/c1-12-15(16(18)19)17-13-10-8-6-4-2-3-5-7-9-11-14(13)20-12/h12-15,17H,2-11H2,1H3,(H,18,19). The molecule has 116 valence electrons. The van der Waals surface area contributed by atoms with Crippen LogP contribution in [0.3, 0.4) is 0 Å². The highest BCUT2D eigenvalue weighted by Crippen LogP contribution is 2.24. The fourth-order valence-electron chi connectivity index (χ4n) is 3.50. The lowest BCUT2D eigenvalue weighted by Gasteiger charge is -2.40. The summed E-state index contributed by atoms with van der Waals surface area (Å²) < 4.78 is 6.02. The number of carbonyl (C=O) groups is 1. The highest BCUT2D eigenvalue weighted by atomic mass is 16.5. The minimum absolute atomic E-state index is 0.194. The molecule has 1 aliphatic heterocycles. The summed E-state index contributed by atoms with van der Waals surface area (Å²) in [6.07, 6.45) is 12.4. The van der Waals surface area contributed by atoms with Crippen LogP contribution in [0.15, 0.2) is 0 Å². The van der Waals surface area contributed by atoms with Gasteiger partial charge in [-0.15, -0.1) is 0 Å². The van der Waals surface area contributed by atoms with Gasteiger partial charge in [-0.3, -0.25) is 10.1 Å². The number of nitrogens with one attached hydrogen (secondary N) is 1. The maximum atomic E-state index is 11.3. The van der Waals surface area contributed by atoms with Gasteiger partial charge in [0, 0.05) is 6.04 Å². The molecule has 4 atom stereocenters. The van der Waals surface area contributed by atoms with Crippen LogP contribution in [0.25, 0.3) is 0 Å². The van der Waals surface area contributed by atoms with Gasteiger partial charge in [0.25, 0.3) is 0 Å². The van der Waals surface area contributed by atoms with Crippen molar-refractivity contribution in [2.24, 2.45) is 0 Å². The highest BCUT2D eigenvalue weighted by molar-refractivity contribution is 5.74. The Kier molecular flexibility index (Phi) is 6.30. The first-order valence-corrected chi connectivity index (χ1v) is 8.33. The molecule has 0 bridgehead atoms. The zero-order valence-electron chi connectivity index (χ0n) is 12.6. The van der Waals surface area contributed by atoms with Crippen LogP contribution in [0.2, 0.25) is 0 Å². The highest BCUT2D eigenvalue weighted by Gasteiger charge is 2.38. The molecule has 2 fully saturated rings. The van der Waals surface area contributed by atoms with Crippen LogP contribution in [0.4, 0.5) is 0 Å². The Morgan fingerprint density at radius 3 is 2.15 bits per heavy atom. The molecule has 0 amide bonds. The molecule has 4 nitrogen and oxygen atoms in total. The third-order valence-corrected chi connectivity index (χ3v) is 4.72. The first-order valence-electron chi connectivity index (χ1n) is 8.33. The largest absolute Gasteiger partial charge is 0.480 e. The van der Waals surface area contributed by atoms with E-state index in [1.54, 1.807) is 0 Å². The number of rotatable bonds is 1. The van der Waals surface area contributed by atoms with Crippen LogP contribution >= 0.6 is 0 Å². The third kappa shape index (κ3) is 4.45. The van der Waals surface area contributed by atoms with Crippen LogP contribution in [0.5, 0.6) is 0 Å². The van der Waals surface area contributed by atoms with Crippen LogP contribution in [0.1, 0.15) is 71.1 Å². The molecular weight excluding hydrogens is 254 g/mol. The average Bonchev–Trinajstić information content (AvgIpc) is 2.40. The number of fused-ring (bicyclic) bond motifs is 1. The van der Waals surface area contributed by atoms with Gasteiger partial charge in [0.1, 0.15) is 6.04 Å². The molecule has 0 spiro atoms. The van der Waals surface area contributed by atoms with Crippen molar-refractivity contribution in [3.63, 3.8) is 0 Å². The summed E-state index contributed by atoms with van der Waals surface area (Å²) in [6.45, 7) is 1.87. The van der Waals surface area contributed by atoms with Crippen molar-refractivity contribution >= 4 is 5.97 Å². The number of carboxylic acid groups (broad SMARTS) is 1. The lowest BCUT2D eigenvalue weighted by molar-refractivity contribution is -0.153. The van der Waals surface area contributed by atoms with Crippen LogP contribution < -0.4 is 5.32 Å². The predicted molar refractivity (Wildman–Crippen MR) is 78.9 cm³/mol. The van der Waals surface area contributed by atoms with Gasteiger partial charge in [-0.1, -0.05) is 51.4 Å². The molecule has 2 aliphatic rings. The zero-order chi connectivity index (χ0) is 14.4. The monoisotopic (exact) mass is 283 g/mol. The van der Waals surface area contributed by atoms with E-state index in [2.05, 4.69) is 5.32 Å². The van der Waals surface area contributed by atoms with Crippen molar-refractivity contribution in [1.29, 1.82) is 0 Å². The Morgan fingerprint density at radius 2 is 1.55 bits per heavy atom. The second-order valence-electron chi connectivity index (χ2n) is 6.37. The molecular formula is C16H29NO3. The lowest BCUT2D eigenvalue weighted by Crippen LogP contribution is -2.60. The van der Waals surface area contributed by atoms with Gasteiger partial charge in [0.15, 0.2) is 0 Å². The molecule has 4 heteroatoms. The Labute approximate surface area is 122 Å². The number of aliphatic carboxylic acids is 1. The molecule has 2 N–H and O–H groups in total. The van der Waals surface area contributed by atoms with Crippen molar-refractivity contribution in [3.8, 4) is 0 Å². The molecule has 0 aromatic heterocycles. The first-order chi connectivity index (χ1) is 9.68. The Morgan fingerprint density at radius 1 is 1.00 bits per heavy atom. The van der Waals surface area contributed by atoms with Crippen LogP contribution in [0, 0.1) is 0 Å². The average molecular weight is 283 g/mol. The van der Waals surface area contributed by atoms with E-state index in [-0.39, 0.29) is 18.2 Å². The molecule has 1 aliphatic carbocycles. The molecule has 1 saturated heterocycles. The Bertz CT molecular complexity index is 308. The van der Waals surface area contributed by atoms with Crippen LogP contribution in [-0.4, -0.2) is 35.4 Å². The van der Waals surface area contributed by atoms with E-state index in [4.69, 9.17) is 4.74 Å². The summed E-state index contributed by atoms with van der Waals surface area (Å²) in [5.74, 6) is -0.790. The van der Waals surface area contributed by atoms with Gasteiger partial charge in [-0.05, 0) is 19.8 Å². The van der Waals surface area contributed by atoms with Crippen molar-refractivity contribution in [3.05, 3.63) is 0 Å². The maximum absolute atomic E-state index is 11.3. The number of morpholine rings is 1. The van der Waals surface area contributed by atoms with E-state index in [1.807, 2.05) is 6.92 Å². The molecule has 1 heterocycles. The third-order valence-electron chi connectivity index (χ3n) is 4.72. The molecule has 1 saturated carbocycles. The quantitative estimate of drug-likeness (QED) is 0.776. The summed E-state index contributed by atoms with van der Waals surface area (Å²) in [5, 5.41) is 12.6. The van der Waals surface area contributed by atoms with E-state index < -0.39 is 12.0 Å². The maximum Gasteiger partial charge on any atom is 0.323 e. The topological polar surface area (TPSA) is 58.6 Å². The van der Waals surface area contributed by atoms with E-state index in [0.29, 0.717) is 0 Å². The molecule has 0 radical (unpaired) electrons. The summed E-state index contributed by atoms with van der Waals surface area (Å²) in [6, 6.07) is -0.337. The minimum atomic E-state index is -0.790. The van der Waals surface area contributed by atoms with E-state index in [1.165, 1.54) is 51.4 Å². The van der Waals surface area contributed by atoms with Crippen molar-refractivity contribution < 1.29 is 14.6 Å². The summed E-state index contributed by atoms with van der Waals surface area (Å²) in [7, 11) is 0. The smallest absolute Gasteiger partial charge is 0.323 e. The lowest BCUT2D eigenvalue weighted by atomic mass is 9.92. The van der Waals surface area contributed by atoms with E-state index in [0.717, 1.165) is 12.8 Å². The second-order valence-corrected chi connectivity index (χ2v) is 6.37. The van der Waals surface area contributed by atoms with Crippen molar-refractivity contribution in [2.45, 2.75) is 95.4 Å². The van der Waals surface area contributed by atoms with Gasteiger partial charge in [0.05, 0.1) is 12.2 Å². The molecule has 4 unspecified atom stereocenters. The van der Waals surface area contributed by atoms with Gasteiger partial charge >= 0.3 is 5.97 Å². The predicted octanol–water partition coefficient (Wildman–Crippen LogP) is 3.10. The SMILES string of the molecule is CC1OC2CCCCCCCCCCC2NC1C(=O)O. The Hall–Kier alpha value is -0.610. The number of ether oxygens (including phenoxy) is 1. The van der Waals surface area contributed by atoms with Gasteiger partial charge < -0.3 is 9.84 Å². The first kappa shape index (κ1) is 15.8. The number of hydrogen-bond acceptors (Lipinski definition) is 3. The molecule has 20 heavy (non-hydrogen) atoms. The summed E-state index contributed by atoms with van der Waals surface area (Å²) >= 11 is 0. The zero-order valence-corrected chi connectivity index (χ0v) is 12.6. The van der Waals surface area contributed by atoms with Gasteiger partial charge in [-0.2, -0.15) is 0 Å². The van der Waals surface area contributed by atoms with Gasteiger partial charge in [0.2, 0.25) is 0 Å². The second kappa shape index (κ2) is 7.99. The molecule has 0 aromatic carbocycles. The van der Waals surface area contributed by atoms with Gasteiger partial charge in [-0.25, -0.2) is 0 Å². The normalized spacial score (nSPS) is 37.2. The summed E-state index contributed by atoms with van der Waals surface area (Å²) in [4.78, 5) is 11.3. The van der Waals surface area contributed by atoms with Crippen LogP contribution in [-0.2, 0) is 9.53 Å². The fourth-order valence-corrected chi connectivity index (χ4v) is 3.50. The molecule has 2 rings (SSSR count). The minimum Gasteiger partial charge on any atom is -0.480 e. The Balaban J connectivity index is 1.95. The number of carboxylic acids is 1. The van der Waals surface area contributed by atoms with E-state index in [9.17, 15) is 9.90 Å². The van der Waals surface area contributed by atoms with Crippen molar-refractivity contribution in [2.75, 3.05) is 0 Å². The molecule has 0 aromatic rings. The summed E-state index contributed by atoms with van der Waals surface area (Å²) in [5.41, 5.74) is 0. The fraction of sp³-hybridized carbons (Fsp3) is 0.938. The van der Waals surface area contributed by atoms with Crippen molar-refractivity contribution in [1.82, 2.24) is 5.32 Å².